The van der Waals surface area contributed by atoms with E-state index in [2.05, 4.69) is 0 Å². The molecule has 2 aliphatic heterocycles. The lowest BCUT2D eigenvalue weighted by Crippen LogP contribution is -2.63. The zero-order valence-electron chi connectivity index (χ0n) is 12.0. The quantitative estimate of drug-likeness (QED) is 0.243. The molecule has 0 aromatic carbocycles. The van der Waals surface area contributed by atoms with Crippen molar-refractivity contribution in [2.24, 2.45) is 0 Å². The minimum Gasteiger partial charge on any atom is -0.394 e. The monoisotopic (exact) mass is 342 g/mol. The van der Waals surface area contributed by atoms with Crippen LogP contribution in [0.2, 0.25) is 0 Å². The van der Waals surface area contributed by atoms with E-state index in [-0.39, 0.29) is 0 Å². The Morgan fingerprint density at radius 1 is 0.565 bits per heavy atom. The molecule has 2 saturated heterocycles. The molecule has 2 heterocycles. The number of hydrogen-bond acceptors (Lipinski definition) is 11. The van der Waals surface area contributed by atoms with E-state index >= 15 is 0 Å². The van der Waals surface area contributed by atoms with Gasteiger partial charge in [-0.2, -0.15) is 0 Å². The Kier molecular flexibility index (Phi) is 6.27. The topological polar surface area (TPSA) is 190 Å². The Balaban J connectivity index is 2.07. The molecule has 8 N–H and O–H groups in total. The van der Waals surface area contributed by atoms with Crippen LogP contribution in [0.25, 0.3) is 0 Å². The first kappa shape index (κ1) is 18.9. The van der Waals surface area contributed by atoms with Gasteiger partial charge in [-0.05, 0) is 0 Å². The molecule has 0 aliphatic carbocycles. The first-order valence-electron chi connectivity index (χ1n) is 7.08. The zero-order valence-corrected chi connectivity index (χ0v) is 12.0. The summed E-state index contributed by atoms with van der Waals surface area (Å²) in [6.07, 6.45) is -15.6. The summed E-state index contributed by atoms with van der Waals surface area (Å²) in [6.45, 7) is -1.33. The maximum Gasteiger partial charge on any atom is 0.189 e. The van der Waals surface area contributed by atoms with E-state index in [0.29, 0.717) is 0 Å². The van der Waals surface area contributed by atoms with E-state index in [9.17, 15) is 30.6 Å². The highest BCUT2D eigenvalue weighted by atomic mass is 16.8. The van der Waals surface area contributed by atoms with Crippen LogP contribution in [0, 0.1) is 0 Å². The van der Waals surface area contributed by atoms with E-state index < -0.39 is 74.6 Å². The Bertz CT molecular complexity index is 344. The van der Waals surface area contributed by atoms with Gasteiger partial charge < -0.3 is 55.1 Å². The lowest BCUT2D eigenvalue weighted by atomic mass is 9.98. The molecule has 0 spiro atoms. The van der Waals surface area contributed by atoms with Crippen LogP contribution in [0.4, 0.5) is 0 Å². The molecule has 2 aliphatic rings. The van der Waals surface area contributed by atoms with E-state index in [1.54, 1.807) is 0 Å². The third-order valence-corrected chi connectivity index (χ3v) is 3.97. The Hall–Kier alpha value is -0.440. The first-order chi connectivity index (χ1) is 10.8. The van der Waals surface area contributed by atoms with Gasteiger partial charge in [0, 0.05) is 0 Å². The summed E-state index contributed by atoms with van der Waals surface area (Å²) < 4.78 is 15.3. The van der Waals surface area contributed by atoms with Crippen LogP contribution >= 0.6 is 0 Å². The normalized spacial score (nSPS) is 51.7. The molecule has 136 valence electrons. The zero-order chi connectivity index (χ0) is 17.3. The molecule has 0 aromatic rings. The lowest BCUT2D eigenvalue weighted by Gasteiger charge is -2.44. The fourth-order valence-corrected chi connectivity index (χ4v) is 2.49. The van der Waals surface area contributed by atoms with Gasteiger partial charge in [-0.25, -0.2) is 0 Å². The van der Waals surface area contributed by atoms with E-state index in [1.807, 2.05) is 0 Å². The average molecular weight is 342 g/mol. The van der Waals surface area contributed by atoms with Crippen molar-refractivity contribution in [3.8, 4) is 0 Å². The molecule has 11 heteroatoms. The summed E-state index contributed by atoms with van der Waals surface area (Å²) in [7, 11) is 0. The number of aliphatic hydroxyl groups is 8. The molecule has 10 atom stereocenters. The fraction of sp³-hybridized carbons (Fsp3) is 1.00. The number of hydrogen-bond donors (Lipinski definition) is 8. The van der Waals surface area contributed by atoms with Gasteiger partial charge in [0.2, 0.25) is 0 Å². The molecule has 2 fully saturated rings. The highest BCUT2D eigenvalue weighted by Crippen LogP contribution is 2.27. The third kappa shape index (κ3) is 3.65. The summed E-state index contributed by atoms with van der Waals surface area (Å²) in [5.41, 5.74) is 0. The molecular weight excluding hydrogens is 320 g/mol. The van der Waals surface area contributed by atoms with Gasteiger partial charge in [0.25, 0.3) is 0 Å². The lowest BCUT2D eigenvalue weighted by molar-refractivity contribution is -0.376. The Labute approximate surface area is 130 Å². The van der Waals surface area contributed by atoms with Gasteiger partial charge in [-0.3, -0.25) is 0 Å². The second-order valence-corrected chi connectivity index (χ2v) is 5.53. The van der Waals surface area contributed by atoms with Crippen LogP contribution in [0.1, 0.15) is 0 Å². The van der Waals surface area contributed by atoms with E-state index in [0.717, 1.165) is 0 Å². The maximum absolute atomic E-state index is 9.84. The molecule has 2 rings (SSSR count). The average Bonchev–Trinajstić information content (AvgIpc) is 2.55. The van der Waals surface area contributed by atoms with Crippen LogP contribution in [0.5, 0.6) is 0 Å². The Morgan fingerprint density at radius 2 is 0.913 bits per heavy atom. The SMILES string of the molecule is OCC1O[C@H](O[C@@H]2OC(CO)[C@H](O)C(O)C2O)C(O)C(O)[C@@H]1O. The van der Waals surface area contributed by atoms with Crippen molar-refractivity contribution in [1.29, 1.82) is 0 Å². The number of ether oxygens (including phenoxy) is 3. The van der Waals surface area contributed by atoms with Crippen molar-refractivity contribution >= 4 is 0 Å². The number of rotatable bonds is 4. The summed E-state index contributed by atoms with van der Waals surface area (Å²) in [5.74, 6) is 0. The third-order valence-electron chi connectivity index (χ3n) is 3.97. The van der Waals surface area contributed by atoms with Gasteiger partial charge in [0.05, 0.1) is 13.2 Å². The molecule has 6 unspecified atom stereocenters. The summed E-state index contributed by atoms with van der Waals surface area (Å²) in [4.78, 5) is 0. The maximum atomic E-state index is 9.84. The van der Waals surface area contributed by atoms with Gasteiger partial charge >= 0.3 is 0 Å². The first-order valence-corrected chi connectivity index (χ1v) is 7.08. The van der Waals surface area contributed by atoms with Crippen LogP contribution < -0.4 is 0 Å². The molecule has 0 saturated carbocycles. The van der Waals surface area contributed by atoms with Gasteiger partial charge in [0.15, 0.2) is 12.6 Å². The smallest absolute Gasteiger partial charge is 0.189 e. The second-order valence-electron chi connectivity index (χ2n) is 5.53. The molecule has 0 aromatic heterocycles. The largest absolute Gasteiger partial charge is 0.394 e. The van der Waals surface area contributed by atoms with Crippen molar-refractivity contribution in [1.82, 2.24) is 0 Å². The molecule has 0 bridgehead atoms. The molecular formula is C12H22O11. The Morgan fingerprint density at radius 3 is 1.22 bits per heavy atom. The second kappa shape index (κ2) is 7.63. The summed E-state index contributed by atoms with van der Waals surface area (Å²) in [6, 6.07) is 0. The summed E-state index contributed by atoms with van der Waals surface area (Å²) in [5, 5.41) is 76.4. The highest BCUT2D eigenvalue weighted by Gasteiger charge is 2.49. The predicted octanol–water partition coefficient (Wildman–Crippen LogP) is -5.40. The van der Waals surface area contributed by atoms with Crippen molar-refractivity contribution < 1.29 is 55.1 Å². The minimum atomic E-state index is -1.72. The van der Waals surface area contributed by atoms with Gasteiger partial charge in [-0.1, -0.05) is 0 Å². The summed E-state index contributed by atoms with van der Waals surface area (Å²) >= 11 is 0. The standard InChI is InChI=1S/C12H22O11/c13-1-3-5(15)7(17)9(19)11(21-3)23-12-10(20)8(18)6(16)4(2-14)22-12/h3-20H,1-2H2/t3?,4?,5-,6+,7?,8?,9?,10?,11-,12+. The fourth-order valence-electron chi connectivity index (χ4n) is 2.49. The molecule has 0 radical (unpaired) electrons. The van der Waals surface area contributed by atoms with Crippen LogP contribution in [-0.2, 0) is 14.2 Å². The predicted molar refractivity (Wildman–Crippen MR) is 68.6 cm³/mol. The highest BCUT2D eigenvalue weighted by molar-refractivity contribution is 4.92. The van der Waals surface area contributed by atoms with Crippen molar-refractivity contribution in [3.63, 3.8) is 0 Å². The van der Waals surface area contributed by atoms with Crippen molar-refractivity contribution in [2.45, 2.75) is 61.4 Å². The van der Waals surface area contributed by atoms with Crippen molar-refractivity contribution in [2.75, 3.05) is 13.2 Å². The number of aliphatic hydroxyl groups excluding tert-OH is 8. The van der Waals surface area contributed by atoms with Crippen LogP contribution in [0.3, 0.4) is 0 Å². The van der Waals surface area contributed by atoms with E-state index in [1.165, 1.54) is 0 Å². The molecule has 23 heavy (non-hydrogen) atoms. The van der Waals surface area contributed by atoms with Crippen molar-refractivity contribution in [3.05, 3.63) is 0 Å². The van der Waals surface area contributed by atoms with E-state index in [4.69, 9.17) is 24.4 Å². The van der Waals surface area contributed by atoms with Gasteiger partial charge in [0.1, 0.15) is 48.8 Å². The molecule has 11 nitrogen and oxygen atoms in total. The van der Waals surface area contributed by atoms with Crippen LogP contribution in [-0.4, -0.2) is 115 Å². The molecule has 0 amide bonds. The van der Waals surface area contributed by atoms with Crippen LogP contribution in [0.15, 0.2) is 0 Å². The minimum absolute atomic E-state index is 0.667. The van der Waals surface area contributed by atoms with Gasteiger partial charge in [-0.15, -0.1) is 0 Å².